The van der Waals surface area contributed by atoms with Crippen molar-refractivity contribution in [3.05, 3.63) is 53.6 Å². The maximum atomic E-state index is 13.7. The molecule has 0 bridgehead atoms. The summed E-state index contributed by atoms with van der Waals surface area (Å²) in [6.07, 6.45) is 0. The number of sulfonamides is 1. The maximum Gasteiger partial charge on any atom is 0.317 e. The number of carbonyl (C=O) groups is 2. The normalized spacial score (nSPS) is 17.1. The summed E-state index contributed by atoms with van der Waals surface area (Å²) >= 11 is 5.90. The minimum atomic E-state index is -4.09. The van der Waals surface area contributed by atoms with Crippen molar-refractivity contribution in [1.29, 1.82) is 0 Å². The Labute approximate surface area is 230 Å². The monoisotopic (exact) mass is 582 g/mol. The second-order valence-corrected chi connectivity index (χ2v) is 17.5. The number of nitrogens with zero attached hydrogens (tertiary/aromatic N) is 2. The molecule has 1 aliphatic heterocycles. The zero-order chi connectivity index (χ0) is 28.3. The highest BCUT2D eigenvalue weighted by molar-refractivity contribution is 7.89. The molecule has 2 aromatic rings. The third-order valence-corrected chi connectivity index (χ3v) is 13.2. The summed E-state index contributed by atoms with van der Waals surface area (Å²) < 4.78 is 40.0. The first kappa shape index (κ1) is 29.9. The number of nitrogens with one attached hydrogen (secondary N) is 2. The Kier molecular flexibility index (Phi) is 9.15. The molecule has 1 fully saturated rings. The van der Waals surface area contributed by atoms with Gasteiger partial charge in [0.15, 0.2) is 0 Å². The number of hydroxylamine groups is 1. The van der Waals surface area contributed by atoms with E-state index in [1.54, 1.807) is 24.3 Å². The molecule has 13 heteroatoms. The summed E-state index contributed by atoms with van der Waals surface area (Å²) in [5.41, 5.74) is 2.50. The first-order valence-electron chi connectivity index (χ1n) is 12.2. The molecule has 208 valence electrons. The van der Waals surface area contributed by atoms with Crippen molar-refractivity contribution >= 4 is 41.9 Å². The predicted octanol–water partition coefficient (Wildman–Crippen LogP) is 4.20. The van der Waals surface area contributed by atoms with Gasteiger partial charge in [-0.15, -0.1) is 0 Å². The summed E-state index contributed by atoms with van der Waals surface area (Å²) in [5, 5.41) is 2.92. The summed E-state index contributed by atoms with van der Waals surface area (Å²) in [5.74, 6) is 0.358. The van der Waals surface area contributed by atoms with Gasteiger partial charge in [-0.2, -0.15) is 4.31 Å². The van der Waals surface area contributed by atoms with E-state index in [0.717, 1.165) is 4.31 Å². The molecule has 0 aliphatic carbocycles. The fourth-order valence-electron chi connectivity index (χ4n) is 3.46. The number of piperazine rings is 1. The van der Waals surface area contributed by atoms with Crippen LogP contribution in [0.2, 0.25) is 23.2 Å². The molecule has 0 aromatic heterocycles. The standard InChI is InChI=1S/C25H35ClN4O6SSi/c1-25(2,3)38(5,6)36-28-23(31)22-17-29(24(32)27-4)15-16-30(22)37(33,34)21-13-11-20(12-14-21)35-19-9-7-18(26)8-10-19/h7-14,22H,15-17H2,1-6H3,(H,27,32)(H,28,31)/t22-/m1/s1. The van der Waals surface area contributed by atoms with Gasteiger partial charge in [0, 0.05) is 31.7 Å². The molecule has 0 spiro atoms. The van der Waals surface area contributed by atoms with E-state index >= 15 is 0 Å². The fraction of sp³-hybridized carbons (Fsp3) is 0.440. The lowest BCUT2D eigenvalue weighted by Gasteiger charge is -2.40. The molecule has 1 atom stereocenters. The Morgan fingerprint density at radius 3 is 2.08 bits per heavy atom. The predicted molar refractivity (Wildman–Crippen MR) is 148 cm³/mol. The van der Waals surface area contributed by atoms with E-state index in [1.165, 1.54) is 36.2 Å². The lowest BCUT2D eigenvalue weighted by molar-refractivity contribution is -0.133. The smallest absolute Gasteiger partial charge is 0.317 e. The van der Waals surface area contributed by atoms with Crippen LogP contribution in [0.1, 0.15) is 20.8 Å². The van der Waals surface area contributed by atoms with Crippen LogP contribution in [-0.2, 0) is 19.3 Å². The van der Waals surface area contributed by atoms with Gasteiger partial charge in [-0.05, 0) is 66.7 Å². The topological polar surface area (TPSA) is 117 Å². The van der Waals surface area contributed by atoms with Crippen molar-refractivity contribution < 1.29 is 27.3 Å². The number of rotatable bonds is 7. The van der Waals surface area contributed by atoms with Crippen LogP contribution in [0, 0.1) is 0 Å². The molecule has 38 heavy (non-hydrogen) atoms. The molecular weight excluding hydrogens is 548 g/mol. The van der Waals surface area contributed by atoms with Crippen LogP contribution in [-0.4, -0.2) is 70.6 Å². The molecule has 1 saturated heterocycles. The molecule has 10 nitrogen and oxygen atoms in total. The Balaban J connectivity index is 1.83. The molecular formula is C25H35ClN4O6SSi. The number of carbonyl (C=O) groups excluding carboxylic acids is 2. The SMILES string of the molecule is CNC(=O)N1CCN(S(=O)(=O)c2ccc(Oc3ccc(Cl)cc3)cc2)[C@@H](C(=O)NO[Si](C)(C)C(C)(C)C)C1. The number of urea groups is 1. The second-order valence-electron chi connectivity index (χ2n) is 10.5. The summed E-state index contributed by atoms with van der Waals surface area (Å²) in [6, 6.07) is 11.1. The molecule has 1 aliphatic rings. The third kappa shape index (κ3) is 6.86. The molecule has 2 aromatic carbocycles. The quantitative estimate of drug-likeness (QED) is 0.373. The van der Waals surface area contributed by atoms with E-state index in [2.05, 4.69) is 10.8 Å². The lowest BCUT2D eigenvalue weighted by atomic mass is 10.2. The number of benzene rings is 2. The van der Waals surface area contributed by atoms with Crippen molar-refractivity contribution in [1.82, 2.24) is 20.0 Å². The van der Waals surface area contributed by atoms with Crippen LogP contribution in [0.5, 0.6) is 11.5 Å². The van der Waals surface area contributed by atoms with Gasteiger partial charge in [-0.3, -0.25) is 4.79 Å². The van der Waals surface area contributed by atoms with Crippen LogP contribution >= 0.6 is 11.6 Å². The molecule has 0 radical (unpaired) electrons. The number of amides is 3. The van der Waals surface area contributed by atoms with Gasteiger partial charge < -0.3 is 19.5 Å². The van der Waals surface area contributed by atoms with Crippen LogP contribution in [0.25, 0.3) is 0 Å². The van der Waals surface area contributed by atoms with E-state index in [-0.39, 0.29) is 29.6 Å². The van der Waals surface area contributed by atoms with Crippen molar-refractivity contribution in [2.75, 3.05) is 26.7 Å². The molecule has 2 N–H and O–H groups in total. The first-order chi connectivity index (χ1) is 17.7. The average Bonchev–Trinajstić information content (AvgIpc) is 2.87. The molecule has 3 amide bonds. The van der Waals surface area contributed by atoms with E-state index in [1.807, 2.05) is 33.9 Å². The van der Waals surface area contributed by atoms with Crippen LogP contribution in [0.15, 0.2) is 53.4 Å². The van der Waals surface area contributed by atoms with Gasteiger partial charge in [0.1, 0.15) is 17.5 Å². The van der Waals surface area contributed by atoms with Crippen molar-refractivity contribution in [2.24, 2.45) is 0 Å². The van der Waals surface area contributed by atoms with Gasteiger partial charge in [0.2, 0.25) is 18.3 Å². The Morgan fingerprint density at radius 2 is 1.55 bits per heavy atom. The highest BCUT2D eigenvalue weighted by Crippen LogP contribution is 2.36. The number of ether oxygens (including phenoxy) is 1. The molecule has 0 saturated carbocycles. The van der Waals surface area contributed by atoms with Gasteiger partial charge >= 0.3 is 6.03 Å². The summed E-state index contributed by atoms with van der Waals surface area (Å²) in [7, 11) is -4.98. The summed E-state index contributed by atoms with van der Waals surface area (Å²) in [4.78, 5) is 27.0. The Hall–Kier alpha value is -2.64. The van der Waals surface area contributed by atoms with E-state index in [4.69, 9.17) is 20.9 Å². The number of halogens is 1. The van der Waals surface area contributed by atoms with Crippen LogP contribution in [0.3, 0.4) is 0 Å². The van der Waals surface area contributed by atoms with Gasteiger partial charge in [0.05, 0.1) is 4.90 Å². The van der Waals surface area contributed by atoms with Crippen molar-refractivity contribution in [3.63, 3.8) is 0 Å². The van der Waals surface area contributed by atoms with Crippen LogP contribution in [0.4, 0.5) is 4.79 Å². The van der Waals surface area contributed by atoms with Crippen LogP contribution < -0.4 is 15.5 Å². The van der Waals surface area contributed by atoms with Gasteiger partial charge in [0.25, 0.3) is 5.91 Å². The molecule has 0 unspecified atom stereocenters. The minimum absolute atomic E-state index is 0.00235. The first-order valence-corrected chi connectivity index (χ1v) is 16.9. The number of hydrogen-bond donors (Lipinski definition) is 2. The van der Waals surface area contributed by atoms with Gasteiger partial charge in [-0.25, -0.2) is 18.7 Å². The van der Waals surface area contributed by atoms with E-state index < -0.39 is 36.3 Å². The fourth-order valence-corrected chi connectivity index (χ4v) is 5.82. The minimum Gasteiger partial charge on any atom is -0.457 e. The highest BCUT2D eigenvalue weighted by Gasteiger charge is 2.43. The summed E-state index contributed by atoms with van der Waals surface area (Å²) in [6.45, 7) is 9.95. The third-order valence-electron chi connectivity index (χ3n) is 6.83. The second kappa shape index (κ2) is 11.6. The molecule has 3 rings (SSSR count). The van der Waals surface area contributed by atoms with Crippen molar-refractivity contribution in [2.45, 2.75) is 49.8 Å². The highest BCUT2D eigenvalue weighted by atomic mass is 35.5. The number of hydrogen-bond acceptors (Lipinski definition) is 6. The maximum absolute atomic E-state index is 13.7. The van der Waals surface area contributed by atoms with Crippen molar-refractivity contribution in [3.8, 4) is 11.5 Å². The zero-order valence-electron chi connectivity index (χ0n) is 22.4. The average molecular weight is 583 g/mol. The molecule has 1 heterocycles. The Bertz CT molecular complexity index is 1250. The lowest BCUT2D eigenvalue weighted by Crippen LogP contribution is -2.63. The van der Waals surface area contributed by atoms with E-state index in [0.29, 0.717) is 16.5 Å². The van der Waals surface area contributed by atoms with E-state index in [9.17, 15) is 18.0 Å². The van der Waals surface area contributed by atoms with Gasteiger partial charge in [-0.1, -0.05) is 32.4 Å². The zero-order valence-corrected chi connectivity index (χ0v) is 25.0. The largest absolute Gasteiger partial charge is 0.457 e. The Morgan fingerprint density at radius 1 is 1.00 bits per heavy atom.